The summed E-state index contributed by atoms with van der Waals surface area (Å²) in [7, 11) is 0. The highest BCUT2D eigenvalue weighted by Gasteiger charge is 2.30. The van der Waals surface area contributed by atoms with Crippen molar-refractivity contribution >= 4 is 16.6 Å². The Morgan fingerprint density at radius 2 is 1.47 bits per heavy atom. The lowest BCUT2D eigenvalue weighted by molar-refractivity contribution is 0.321. The minimum atomic E-state index is -1.01. The second-order valence-corrected chi connectivity index (χ2v) is 8.39. The van der Waals surface area contributed by atoms with Gasteiger partial charge in [0.15, 0.2) is 11.5 Å². The molecule has 0 radical (unpaired) electrons. The van der Waals surface area contributed by atoms with Crippen LogP contribution in [0.3, 0.4) is 0 Å². The van der Waals surface area contributed by atoms with Crippen molar-refractivity contribution < 1.29 is 29.9 Å². The Morgan fingerprint density at radius 1 is 0.853 bits per heavy atom. The molecule has 1 aliphatic heterocycles. The summed E-state index contributed by atoms with van der Waals surface area (Å²) in [5.74, 6) is -4.72. The third-order valence-electron chi connectivity index (χ3n) is 6.46. The molecular weight excluding hydrogens is 439 g/mol. The van der Waals surface area contributed by atoms with E-state index in [0.717, 1.165) is 22.2 Å². The summed E-state index contributed by atoms with van der Waals surface area (Å²) in [5, 5.41) is 51.5. The van der Waals surface area contributed by atoms with Gasteiger partial charge >= 0.3 is 0 Å². The lowest BCUT2D eigenvalue weighted by Gasteiger charge is -2.32. The summed E-state index contributed by atoms with van der Waals surface area (Å²) in [5.41, 5.74) is 4.08. The molecule has 0 aliphatic carbocycles. The predicted molar refractivity (Wildman–Crippen MR) is 125 cm³/mol. The molecule has 0 fully saturated rings. The summed E-state index contributed by atoms with van der Waals surface area (Å²) >= 11 is 0. The van der Waals surface area contributed by atoms with Gasteiger partial charge in [-0.1, -0.05) is 36.9 Å². The van der Waals surface area contributed by atoms with Crippen molar-refractivity contribution in [2.24, 2.45) is 0 Å². The number of rotatable bonds is 4. The fourth-order valence-corrected chi connectivity index (χ4v) is 4.69. The van der Waals surface area contributed by atoms with Gasteiger partial charge in [0.1, 0.15) is 5.82 Å². The molecule has 7 nitrogen and oxygen atoms in total. The molecular formula is C26H23FN2O5. The molecule has 1 aromatic heterocycles. The van der Waals surface area contributed by atoms with E-state index in [0.29, 0.717) is 26.1 Å². The van der Waals surface area contributed by atoms with Crippen LogP contribution < -0.4 is 0 Å². The number of phenolic OH excluding ortho intramolecular Hbond substituents is 5. The van der Waals surface area contributed by atoms with E-state index in [2.05, 4.69) is 17.2 Å². The molecule has 0 spiro atoms. The third-order valence-corrected chi connectivity index (χ3v) is 6.46. The molecule has 0 atom stereocenters. The molecule has 3 aromatic carbocycles. The second kappa shape index (κ2) is 7.91. The van der Waals surface area contributed by atoms with Crippen LogP contribution >= 0.6 is 0 Å². The maximum absolute atomic E-state index is 13.4. The van der Waals surface area contributed by atoms with Gasteiger partial charge in [-0.25, -0.2) is 4.39 Å². The van der Waals surface area contributed by atoms with Crippen molar-refractivity contribution in [2.75, 3.05) is 6.54 Å². The number of para-hydroxylation sites is 1. The molecule has 34 heavy (non-hydrogen) atoms. The molecule has 2 heterocycles. The molecule has 5 rings (SSSR count). The molecule has 174 valence electrons. The minimum absolute atomic E-state index is 0.185. The van der Waals surface area contributed by atoms with Crippen LogP contribution in [-0.2, 0) is 19.5 Å². The normalized spacial score (nSPS) is 13.3. The van der Waals surface area contributed by atoms with E-state index in [9.17, 15) is 29.9 Å². The van der Waals surface area contributed by atoms with Crippen molar-refractivity contribution in [3.8, 4) is 28.7 Å². The molecule has 0 saturated heterocycles. The van der Waals surface area contributed by atoms with Gasteiger partial charge in [-0.05, 0) is 35.7 Å². The van der Waals surface area contributed by atoms with E-state index in [1.165, 1.54) is 17.7 Å². The SMILES string of the molecule is C=C(c1c(O)c(O)c(O)c(O)c1O)N1CCc2c(n(Cc3ccc(F)cc3)c3ccccc23)C1. The smallest absolute Gasteiger partial charge is 0.208 e. The Bertz CT molecular complexity index is 1410. The Balaban J connectivity index is 1.57. The van der Waals surface area contributed by atoms with Crippen molar-refractivity contribution in [1.29, 1.82) is 0 Å². The van der Waals surface area contributed by atoms with Crippen LogP contribution in [-0.4, -0.2) is 41.5 Å². The minimum Gasteiger partial charge on any atom is -0.504 e. The van der Waals surface area contributed by atoms with Crippen LogP contribution in [0.4, 0.5) is 4.39 Å². The van der Waals surface area contributed by atoms with E-state index >= 15 is 0 Å². The van der Waals surface area contributed by atoms with E-state index < -0.39 is 28.7 Å². The largest absolute Gasteiger partial charge is 0.504 e. The van der Waals surface area contributed by atoms with Gasteiger partial charge in [0, 0.05) is 35.4 Å². The summed E-state index contributed by atoms with van der Waals surface area (Å²) < 4.78 is 15.6. The van der Waals surface area contributed by atoms with E-state index in [-0.39, 0.29) is 17.1 Å². The molecule has 5 N–H and O–H groups in total. The molecule has 1 aliphatic rings. The maximum Gasteiger partial charge on any atom is 0.208 e. The standard InChI is InChI=1S/C26H23FN2O5/c1-14(21-22(30)24(32)26(34)25(33)23(21)31)28-11-10-18-17-4-2-3-5-19(17)29(20(18)13-28)12-15-6-8-16(27)9-7-15/h2-9,30-34H,1,10-13H2. The molecule has 8 heteroatoms. The van der Waals surface area contributed by atoms with Crippen LogP contribution in [0.25, 0.3) is 16.6 Å². The van der Waals surface area contributed by atoms with Gasteiger partial charge in [0.2, 0.25) is 17.2 Å². The lowest BCUT2D eigenvalue weighted by Crippen LogP contribution is -2.30. The lowest BCUT2D eigenvalue weighted by atomic mass is 10.0. The number of nitrogens with zero attached hydrogens (tertiary/aromatic N) is 2. The fourth-order valence-electron chi connectivity index (χ4n) is 4.69. The van der Waals surface area contributed by atoms with Gasteiger partial charge in [-0.2, -0.15) is 0 Å². The van der Waals surface area contributed by atoms with Gasteiger partial charge in [0.25, 0.3) is 0 Å². The first-order chi connectivity index (χ1) is 16.3. The van der Waals surface area contributed by atoms with E-state index in [1.54, 1.807) is 12.1 Å². The maximum atomic E-state index is 13.4. The number of hydrogen-bond acceptors (Lipinski definition) is 6. The Kier molecular flexibility index (Phi) is 5.01. The molecule has 0 amide bonds. The summed E-state index contributed by atoms with van der Waals surface area (Å²) in [6.07, 6.45) is 0.656. The number of phenols is 5. The van der Waals surface area contributed by atoms with Gasteiger partial charge in [-0.3, -0.25) is 0 Å². The zero-order valence-corrected chi connectivity index (χ0v) is 18.2. The van der Waals surface area contributed by atoms with Crippen molar-refractivity contribution in [3.63, 3.8) is 0 Å². The van der Waals surface area contributed by atoms with E-state index in [4.69, 9.17) is 0 Å². The van der Waals surface area contributed by atoms with Crippen molar-refractivity contribution in [1.82, 2.24) is 9.47 Å². The zero-order valence-electron chi connectivity index (χ0n) is 18.2. The Morgan fingerprint density at radius 3 is 2.15 bits per heavy atom. The van der Waals surface area contributed by atoms with Crippen LogP contribution in [0.2, 0.25) is 0 Å². The third kappa shape index (κ3) is 3.26. The topological polar surface area (TPSA) is 109 Å². The highest BCUT2D eigenvalue weighted by atomic mass is 19.1. The van der Waals surface area contributed by atoms with E-state index in [1.807, 2.05) is 23.1 Å². The summed E-state index contributed by atoms with van der Waals surface area (Å²) in [6.45, 7) is 5.40. The second-order valence-electron chi connectivity index (χ2n) is 8.39. The number of aromatic nitrogens is 1. The van der Waals surface area contributed by atoms with Gasteiger partial charge < -0.3 is 35.0 Å². The van der Waals surface area contributed by atoms with Crippen LogP contribution in [0.5, 0.6) is 28.7 Å². The van der Waals surface area contributed by atoms with Gasteiger partial charge in [0.05, 0.1) is 12.1 Å². The summed E-state index contributed by atoms with van der Waals surface area (Å²) in [4.78, 5) is 1.83. The molecule has 0 saturated carbocycles. The molecule has 0 unspecified atom stereocenters. The van der Waals surface area contributed by atoms with Crippen LogP contribution in [0, 0.1) is 5.82 Å². The number of hydrogen-bond donors (Lipinski definition) is 5. The fraction of sp³-hybridized carbons (Fsp3) is 0.154. The Labute approximate surface area is 194 Å². The zero-order chi connectivity index (χ0) is 24.1. The van der Waals surface area contributed by atoms with Gasteiger partial charge in [-0.15, -0.1) is 0 Å². The van der Waals surface area contributed by atoms with Crippen molar-refractivity contribution in [3.05, 3.63) is 83.3 Å². The first kappa shape index (κ1) is 21.5. The number of benzene rings is 3. The number of fused-ring (bicyclic) bond motifs is 3. The first-order valence-corrected chi connectivity index (χ1v) is 10.7. The molecule has 4 aromatic rings. The number of halogens is 1. The average Bonchev–Trinajstić information content (AvgIpc) is 3.16. The number of aromatic hydroxyl groups is 5. The quantitative estimate of drug-likeness (QED) is 0.227. The molecule has 0 bridgehead atoms. The average molecular weight is 462 g/mol. The highest BCUT2D eigenvalue weighted by Crippen LogP contribution is 2.53. The monoisotopic (exact) mass is 462 g/mol. The van der Waals surface area contributed by atoms with Crippen LogP contribution in [0.1, 0.15) is 22.4 Å². The highest BCUT2D eigenvalue weighted by molar-refractivity contribution is 5.86. The van der Waals surface area contributed by atoms with Crippen LogP contribution in [0.15, 0.2) is 55.1 Å². The summed E-state index contributed by atoms with van der Waals surface area (Å²) in [6, 6.07) is 14.4. The first-order valence-electron chi connectivity index (χ1n) is 10.7. The Hall–Kier alpha value is -4.33. The van der Waals surface area contributed by atoms with Crippen molar-refractivity contribution in [2.45, 2.75) is 19.5 Å². The predicted octanol–water partition coefficient (Wildman–Crippen LogP) is 4.39.